The largest absolute Gasteiger partial charge is 0.298 e. The first-order valence-electron chi connectivity index (χ1n) is 8.46. The summed E-state index contributed by atoms with van der Waals surface area (Å²) in [5.74, 6) is 0.863. The lowest BCUT2D eigenvalue weighted by Crippen LogP contribution is -2.30. The number of carbonyl (C=O) groups is 2. The minimum atomic E-state index is -0.506. The first kappa shape index (κ1) is 15.5. The molecule has 118 valence electrons. The van der Waals surface area contributed by atoms with Crippen LogP contribution in [0, 0.1) is 44.4 Å². The number of Topliss-reactive ketones (excluding diaryl/α,β-unsaturated/α-hetero) is 2. The highest BCUT2D eigenvalue weighted by Crippen LogP contribution is 2.48. The van der Waals surface area contributed by atoms with Crippen LogP contribution in [0.4, 0.5) is 0 Å². The van der Waals surface area contributed by atoms with Crippen molar-refractivity contribution in [1.29, 1.82) is 0 Å². The quantitative estimate of drug-likeness (QED) is 0.730. The highest BCUT2D eigenvalue weighted by molar-refractivity contribution is 6.16. The molecule has 2 nitrogen and oxygen atoms in total. The van der Waals surface area contributed by atoms with Gasteiger partial charge in [-0.15, -0.1) is 0 Å². The molecular weight excluding hydrogens is 272 g/mol. The van der Waals surface area contributed by atoms with E-state index in [9.17, 15) is 9.59 Å². The predicted molar refractivity (Wildman–Crippen MR) is 88.0 cm³/mol. The molecule has 0 bridgehead atoms. The standard InChI is InChI=1S/C20H26O2/c1-10-6-13(4)17(14(5)7-10)18-19(21)15-8-11(2)12(3)9-16(15)20(18)22/h6-7,11-12,15-16,18H,8-9H2,1-5H3. The Kier molecular flexibility index (Phi) is 3.74. The van der Waals surface area contributed by atoms with E-state index in [0.29, 0.717) is 11.8 Å². The van der Waals surface area contributed by atoms with E-state index in [4.69, 9.17) is 0 Å². The molecule has 0 amide bonds. The van der Waals surface area contributed by atoms with Crippen LogP contribution in [0.3, 0.4) is 0 Å². The molecule has 2 heteroatoms. The minimum absolute atomic E-state index is 0.0381. The summed E-state index contributed by atoms with van der Waals surface area (Å²) in [7, 11) is 0. The smallest absolute Gasteiger partial charge is 0.151 e. The second-order valence-electron chi connectivity index (χ2n) is 7.69. The third-order valence-electron chi connectivity index (χ3n) is 6.04. The maximum Gasteiger partial charge on any atom is 0.151 e. The van der Waals surface area contributed by atoms with Gasteiger partial charge >= 0.3 is 0 Å². The third kappa shape index (κ3) is 2.24. The molecule has 0 aromatic heterocycles. The number of fused-ring (bicyclic) bond motifs is 1. The van der Waals surface area contributed by atoms with Gasteiger partial charge in [-0.25, -0.2) is 0 Å². The SMILES string of the molecule is Cc1cc(C)c(C2C(=O)C3CC(C)C(C)CC3C2=O)c(C)c1. The van der Waals surface area contributed by atoms with Gasteiger partial charge in [0, 0.05) is 11.8 Å². The second kappa shape index (κ2) is 5.33. The van der Waals surface area contributed by atoms with Crippen LogP contribution in [-0.2, 0) is 9.59 Å². The van der Waals surface area contributed by atoms with Crippen LogP contribution in [-0.4, -0.2) is 11.6 Å². The summed E-state index contributed by atoms with van der Waals surface area (Å²) in [6.07, 6.45) is 1.77. The molecule has 2 aliphatic carbocycles. The van der Waals surface area contributed by atoms with Gasteiger partial charge in [-0.2, -0.15) is 0 Å². The fraction of sp³-hybridized carbons (Fsp3) is 0.600. The number of aryl methyl sites for hydroxylation is 3. The van der Waals surface area contributed by atoms with Crippen molar-refractivity contribution in [3.05, 3.63) is 34.4 Å². The molecule has 0 saturated heterocycles. The topological polar surface area (TPSA) is 34.1 Å². The van der Waals surface area contributed by atoms with E-state index < -0.39 is 5.92 Å². The van der Waals surface area contributed by atoms with Crippen molar-refractivity contribution in [2.24, 2.45) is 23.7 Å². The lowest BCUT2D eigenvalue weighted by Gasteiger charge is -2.33. The van der Waals surface area contributed by atoms with Gasteiger partial charge in [-0.3, -0.25) is 9.59 Å². The van der Waals surface area contributed by atoms with Gasteiger partial charge in [-0.05, 0) is 62.1 Å². The summed E-state index contributed by atoms with van der Waals surface area (Å²) in [6, 6.07) is 4.19. The zero-order valence-electron chi connectivity index (χ0n) is 14.3. The van der Waals surface area contributed by atoms with Crippen molar-refractivity contribution in [3.8, 4) is 0 Å². The number of ketones is 2. The van der Waals surface area contributed by atoms with Crippen LogP contribution in [0.1, 0.15) is 54.9 Å². The predicted octanol–water partition coefficient (Wildman–Crippen LogP) is 4.15. The maximum absolute atomic E-state index is 13.0. The summed E-state index contributed by atoms with van der Waals surface area (Å²) < 4.78 is 0. The van der Waals surface area contributed by atoms with Gasteiger partial charge < -0.3 is 0 Å². The van der Waals surface area contributed by atoms with Crippen molar-refractivity contribution in [3.63, 3.8) is 0 Å². The number of carbonyl (C=O) groups excluding carboxylic acids is 2. The van der Waals surface area contributed by atoms with Crippen LogP contribution < -0.4 is 0 Å². The van der Waals surface area contributed by atoms with E-state index in [0.717, 1.165) is 29.5 Å². The summed E-state index contributed by atoms with van der Waals surface area (Å²) in [5.41, 5.74) is 4.35. The van der Waals surface area contributed by atoms with Gasteiger partial charge in [0.05, 0.1) is 0 Å². The van der Waals surface area contributed by atoms with Crippen molar-refractivity contribution in [1.82, 2.24) is 0 Å². The Labute approximate surface area is 133 Å². The number of hydrogen-bond acceptors (Lipinski definition) is 2. The highest BCUT2D eigenvalue weighted by Gasteiger charge is 2.53. The molecule has 0 heterocycles. The van der Waals surface area contributed by atoms with Crippen molar-refractivity contribution >= 4 is 11.6 Å². The Morgan fingerprint density at radius 3 is 1.64 bits per heavy atom. The van der Waals surface area contributed by atoms with Gasteiger partial charge in [0.2, 0.25) is 0 Å². The Balaban J connectivity index is 2.03. The van der Waals surface area contributed by atoms with Gasteiger partial charge in [-0.1, -0.05) is 31.5 Å². The average molecular weight is 298 g/mol. The Bertz CT molecular complexity index is 592. The van der Waals surface area contributed by atoms with E-state index in [1.807, 2.05) is 13.8 Å². The molecule has 1 aromatic rings. The maximum atomic E-state index is 13.0. The van der Waals surface area contributed by atoms with Crippen LogP contribution in [0.15, 0.2) is 12.1 Å². The van der Waals surface area contributed by atoms with Crippen molar-refractivity contribution < 1.29 is 9.59 Å². The molecule has 2 aliphatic rings. The fourth-order valence-corrected chi connectivity index (χ4v) is 4.72. The van der Waals surface area contributed by atoms with E-state index in [2.05, 4.69) is 32.9 Å². The van der Waals surface area contributed by atoms with Crippen LogP contribution in [0.25, 0.3) is 0 Å². The zero-order chi connectivity index (χ0) is 16.2. The van der Waals surface area contributed by atoms with E-state index >= 15 is 0 Å². The van der Waals surface area contributed by atoms with Gasteiger partial charge in [0.25, 0.3) is 0 Å². The zero-order valence-corrected chi connectivity index (χ0v) is 14.3. The van der Waals surface area contributed by atoms with Crippen LogP contribution in [0.2, 0.25) is 0 Å². The molecule has 4 atom stereocenters. The Morgan fingerprint density at radius 1 is 0.818 bits per heavy atom. The molecule has 0 aliphatic heterocycles. The molecule has 4 unspecified atom stereocenters. The summed E-state index contributed by atoms with van der Waals surface area (Å²) >= 11 is 0. The van der Waals surface area contributed by atoms with Crippen LogP contribution in [0.5, 0.6) is 0 Å². The monoisotopic (exact) mass is 298 g/mol. The van der Waals surface area contributed by atoms with Crippen LogP contribution >= 0.6 is 0 Å². The lowest BCUT2D eigenvalue weighted by molar-refractivity contribution is -0.125. The molecular formula is C20H26O2. The third-order valence-corrected chi connectivity index (χ3v) is 6.04. The molecule has 1 aromatic carbocycles. The van der Waals surface area contributed by atoms with Gasteiger partial charge in [0.1, 0.15) is 5.92 Å². The second-order valence-corrected chi connectivity index (χ2v) is 7.69. The normalized spacial score (nSPS) is 34.9. The Hall–Kier alpha value is -1.44. The Morgan fingerprint density at radius 2 is 1.23 bits per heavy atom. The highest BCUT2D eigenvalue weighted by atomic mass is 16.2. The first-order valence-corrected chi connectivity index (χ1v) is 8.46. The molecule has 2 fully saturated rings. The first-order chi connectivity index (χ1) is 10.3. The van der Waals surface area contributed by atoms with Crippen molar-refractivity contribution in [2.45, 2.75) is 53.4 Å². The number of hydrogen-bond donors (Lipinski definition) is 0. The number of benzene rings is 1. The summed E-state index contributed by atoms with van der Waals surface area (Å²) in [5, 5.41) is 0. The molecule has 0 spiro atoms. The van der Waals surface area contributed by atoms with E-state index in [1.165, 1.54) is 5.56 Å². The molecule has 3 rings (SSSR count). The average Bonchev–Trinajstić information content (AvgIpc) is 2.64. The molecule has 22 heavy (non-hydrogen) atoms. The molecule has 0 radical (unpaired) electrons. The number of rotatable bonds is 1. The lowest BCUT2D eigenvalue weighted by atomic mass is 9.70. The van der Waals surface area contributed by atoms with Gasteiger partial charge in [0.15, 0.2) is 11.6 Å². The fourth-order valence-electron chi connectivity index (χ4n) is 4.72. The van der Waals surface area contributed by atoms with E-state index in [1.54, 1.807) is 0 Å². The summed E-state index contributed by atoms with van der Waals surface area (Å²) in [6.45, 7) is 10.6. The summed E-state index contributed by atoms with van der Waals surface area (Å²) in [4.78, 5) is 25.9. The van der Waals surface area contributed by atoms with E-state index in [-0.39, 0.29) is 23.4 Å². The minimum Gasteiger partial charge on any atom is -0.298 e. The molecule has 2 saturated carbocycles. The van der Waals surface area contributed by atoms with Crippen molar-refractivity contribution in [2.75, 3.05) is 0 Å². The molecule has 0 N–H and O–H groups in total.